The number of hydrogen-bond donors (Lipinski definition) is 1. The van der Waals surface area contributed by atoms with Crippen LogP contribution in [0.5, 0.6) is 5.75 Å². The largest absolute Gasteiger partial charge is 0.507 e. The van der Waals surface area contributed by atoms with Crippen LogP contribution in [0.1, 0.15) is 11.3 Å². The van der Waals surface area contributed by atoms with Crippen LogP contribution in [0, 0.1) is 6.92 Å². The molecule has 6 heteroatoms. The second kappa shape index (κ2) is 8.48. The van der Waals surface area contributed by atoms with Crippen molar-refractivity contribution in [3.8, 4) is 16.9 Å². The lowest BCUT2D eigenvalue weighted by Gasteiger charge is -2.35. The third-order valence-electron chi connectivity index (χ3n) is 6.10. The highest BCUT2D eigenvalue weighted by molar-refractivity contribution is 5.86. The van der Waals surface area contributed by atoms with E-state index in [1.165, 1.54) is 0 Å². The molecule has 1 saturated heterocycles. The van der Waals surface area contributed by atoms with E-state index in [2.05, 4.69) is 14.8 Å². The van der Waals surface area contributed by atoms with Crippen molar-refractivity contribution >= 4 is 16.8 Å². The average molecular weight is 428 g/mol. The van der Waals surface area contributed by atoms with Crippen LogP contribution in [0.2, 0.25) is 0 Å². The molecule has 1 N–H and O–H groups in total. The number of aromatic nitrogens is 1. The van der Waals surface area contributed by atoms with E-state index in [0.717, 1.165) is 37.6 Å². The van der Waals surface area contributed by atoms with Gasteiger partial charge in [0.2, 0.25) is 5.43 Å². The van der Waals surface area contributed by atoms with Crippen molar-refractivity contribution < 1.29 is 9.52 Å². The molecule has 2 aromatic carbocycles. The molecule has 0 spiro atoms. The van der Waals surface area contributed by atoms with Gasteiger partial charge in [0.25, 0.3) is 0 Å². The standard InChI is InChI=1S/C26H25N3O3/c1-18-24(19-7-3-2-4-8-19)25(31)20-10-11-22(30)21(26(20)32-18)17-28-13-15-29(16-14-28)23-9-5-6-12-27-23/h2-12,30H,13-17H2,1H3. The van der Waals surface area contributed by atoms with Crippen LogP contribution in [-0.2, 0) is 6.54 Å². The number of aromatic hydroxyl groups is 1. The van der Waals surface area contributed by atoms with Gasteiger partial charge in [-0.3, -0.25) is 9.69 Å². The molecule has 0 amide bonds. The summed E-state index contributed by atoms with van der Waals surface area (Å²) in [6.45, 7) is 5.69. The smallest absolute Gasteiger partial charge is 0.200 e. The molecule has 0 aliphatic carbocycles. The van der Waals surface area contributed by atoms with Gasteiger partial charge in [0, 0.05) is 38.9 Å². The zero-order valence-corrected chi connectivity index (χ0v) is 18.0. The fourth-order valence-electron chi connectivity index (χ4n) is 4.40. The Hall–Kier alpha value is -3.64. The van der Waals surface area contributed by atoms with E-state index in [9.17, 15) is 9.90 Å². The van der Waals surface area contributed by atoms with Crippen molar-refractivity contribution in [2.75, 3.05) is 31.1 Å². The van der Waals surface area contributed by atoms with E-state index >= 15 is 0 Å². The van der Waals surface area contributed by atoms with E-state index in [0.29, 0.717) is 34.4 Å². The van der Waals surface area contributed by atoms with Crippen LogP contribution >= 0.6 is 0 Å². The van der Waals surface area contributed by atoms with Crippen LogP contribution in [0.25, 0.3) is 22.1 Å². The van der Waals surface area contributed by atoms with E-state index < -0.39 is 0 Å². The number of nitrogens with zero attached hydrogens (tertiary/aromatic N) is 3. The highest BCUT2D eigenvalue weighted by Gasteiger charge is 2.22. The van der Waals surface area contributed by atoms with Gasteiger partial charge < -0.3 is 14.4 Å². The van der Waals surface area contributed by atoms with Gasteiger partial charge in [-0.25, -0.2) is 4.98 Å². The molecule has 0 saturated carbocycles. The molecule has 1 aliphatic heterocycles. The van der Waals surface area contributed by atoms with Gasteiger partial charge in [-0.1, -0.05) is 36.4 Å². The first-order valence-electron chi connectivity index (χ1n) is 10.8. The summed E-state index contributed by atoms with van der Waals surface area (Å²) in [6.07, 6.45) is 1.81. The predicted molar refractivity (Wildman–Crippen MR) is 126 cm³/mol. The Labute approximate surface area is 186 Å². The lowest BCUT2D eigenvalue weighted by Crippen LogP contribution is -2.46. The summed E-state index contributed by atoms with van der Waals surface area (Å²) < 4.78 is 6.16. The van der Waals surface area contributed by atoms with Gasteiger partial charge in [0.1, 0.15) is 22.9 Å². The molecule has 0 radical (unpaired) electrons. The Kier molecular flexibility index (Phi) is 5.37. The first-order valence-corrected chi connectivity index (χ1v) is 10.8. The number of hydrogen-bond acceptors (Lipinski definition) is 6. The third kappa shape index (κ3) is 3.74. The van der Waals surface area contributed by atoms with Crippen LogP contribution in [-0.4, -0.2) is 41.2 Å². The summed E-state index contributed by atoms with van der Waals surface area (Å²) >= 11 is 0. The lowest BCUT2D eigenvalue weighted by atomic mass is 10.0. The third-order valence-corrected chi connectivity index (χ3v) is 6.10. The highest BCUT2D eigenvalue weighted by atomic mass is 16.3. The van der Waals surface area contributed by atoms with E-state index in [4.69, 9.17) is 4.42 Å². The topological polar surface area (TPSA) is 69.8 Å². The summed E-state index contributed by atoms with van der Waals surface area (Å²) in [5.74, 6) is 1.69. The summed E-state index contributed by atoms with van der Waals surface area (Å²) in [4.78, 5) is 22.3. The summed E-state index contributed by atoms with van der Waals surface area (Å²) in [7, 11) is 0. The van der Waals surface area contributed by atoms with Gasteiger partial charge in [-0.2, -0.15) is 0 Å². The summed E-state index contributed by atoms with van der Waals surface area (Å²) in [5, 5.41) is 11.1. The average Bonchev–Trinajstić information content (AvgIpc) is 2.83. The number of fused-ring (bicyclic) bond motifs is 1. The minimum Gasteiger partial charge on any atom is -0.507 e. The Balaban J connectivity index is 1.45. The lowest BCUT2D eigenvalue weighted by molar-refractivity contribution is 0.246. The SMILES string of the molecule is Cc1oc2c(CN3CCN(c4ccccn4)CC3)c(O)ccc2c(=O)c1-c1ccccc1. The summed E-state index contributed by atoms with van der Waals surface area (Å²) in [5.41, 5.74) is 2.46. The minimum absolute atomic E-state index is 0.0730. The maximum Gasteiger partial charge on any atom is 0.200 e. The maximum absolute atomic E-state index is 13.3. The molecule has 6 nitrogen and oxygen atoms in total. The number of rotatable bonds is 4. The molecule has 162 valence electrons. The number of aryl methyl sites for hydroxylation is 1. The van der Waals surface area contributed by atoms with Crippen LogP contribution in [0.3, 0.4) is 0 Å². The number of pyridine rings is 1. The van der Waals surface area contributed by atoms with Crippen LogP contribution < -0.4 is 10.3 Å². The molecule has 3 heterocycles. The normalized spacial score (nSPS) is 14.7. The first kappa shape index (κ1) is 20.3. The van der Waals surface area contributed by atoms with E-state index in [-0.39, 0.29) is 11.2 Å². The maximum atomic E-state index is 13.3. The van der Waals surface area contributed by atoms with E-state index in [1.807, 2.05) is 61.7 Å². The van der Waals surface area contributed by atoms with Crippen molar-refractivity contribution in [2.24, 2.45) is 0 Å². The quantitative estimate of drug-likeness (QED) is 0.527. The highest BCUT2D eigenvalue weighted by Crippen LogP contribution is 2.31. The second-order valence-electron chi connectivity index (χ2n) is 8.12. The number of phenols is 1. The number of phenolic OH excluding ortho intramolecular Hbond substituents is 1. The molecule has 32 heavy (non-hydrogen) atoms. The van der Waals surface area contributed by atoms with Gasteiger partial charge in [-0.15, -0.1) is 0 Å². The van der Waals surface area contributed by atoms with Crippen molar-refractivity contribution in [2.45, 2.75) is 13.5 Å². The Morgan fingerprint density at radius 3 is 2.44 bits per heavy atom. The zero-order valence-electron chi connectivity index (χ0n) is 18.0. The zero-order chi connectivity index (χ0) is 22.1. The first-order chi connectivity index (χ1) is 15.6. The molecule has 1 fully saturated rings. The molecular formula is C26H25N3O3. The van der Waals surface area contributed by atoms with E-state index in [1.54, 1.807) is 12.1 Å². The number of anilines is 1. The van der Waals surface area contributed by atoms with Crippen LogP contribution in [0.4, 0.5) is 5.82 Å². The molecule has 0 bridgehead atoms. The predicted octanol–water partition coefficient (Wildman–Crippen LogP) is 4.19. The van der Waals surface area contributed by atoms with Gasteiger partial charge in [-0.05, 0) is 36.8 Å². The summed E-state index contributed by atoms with van der Waals surface area (Å²) in [6, 6.07) is 18.8. The Morgan fingerprint density at radius 2 is 1.72 bits per heavy atom. The van der Waals surface area contributed by atoms with Crippen LogP contribution in [0.15, 0.2) is 76.1 Å². The molecule has 0 unspecified atom stereocenters. The molecular weight excluding hydrogens is 402 g/mol. The Bertz CT molecular complexity index is 1290. The fraction of sp³-hybridized carbons (Fsp3) is 0.231. The minimum atomic E-state index is -0.0730. The molecule has 0 atom stereocenters. The molecule has 1 aliphatic rings. The molecule has 4 aromatic rings. The van der Waals surface area contributed by atoms with Crippen molar-refractivity contribution in [1.29, 1.82) is 0 Å². The fourth-order valence-corrected chi connectivity index (χ4v) is 4.40. The van der Waals surface area contributed by atoms with Crippen molar-refractivity contribution in [1.82, 2.24) is 9.88 Å². The Morgan fingerprint density at radius 1 is 0.969 bits per heavy atom. The second-order valence-corrected chi connectivity index (χ2v) is 8.12. The van der Waals surface area contributed by atoms with Crippen molar-refractivity contribution in [3.63, 3.8) is 0 Å². The number of piperazine rings is 1. The monoisotopic (exact) mass is 427 g/mol. The van der Waals surface area contributed by atoms with Gasteiger partial charge >= 0.3 is 0 Å². The van der Waals surface area contributed by atoms with Gasteiger partial charge in [0.15, 0.2) is 0 Å². The molecule has 2 aromatic heterocycles. The number of benzene rings is 2. The molecule has 5 rings (SSSR count). The van der Waals surface area contributed by atoms with Gasteiger partial charge in [0.05, 0.1) is 16.5 Å². The van der Waals surface area contributed by atoms with Crippen molar-refractivity contribution in [3.05, 3.63) is 88.4 Å².